The number of alkyl carbamates (subject to hydrolysis) is 1. The van der Waals surface area contributed by atoms with Crippen LogP contribution in [0.5, 0.6) is 0 Å². The summed E-state index contributed by atoms with van der Waals surface area (Å²) in [5.41, 5.74) is -0.573. The van der Waals surface area contributed by atoms with Crippen molar-refractivity contribution < 1.29 is 23.7 Å². The van der Waals surface area contributed by atoms with E-state index >= 15 is 0 Å². The van der Waals surface area contributed by atoms with E-state index in [-0.39, 0.29) is 5.71 Å². The van der Waals surface area contributed by atoms with Crippen molar-refractivity contribution in [3.05, 3.63) is 0 Å². The normalized spacial score (nSPS) is 12.3. The van der Waals surface area contributed by atoms with Gasteiger partial charge in [-0.15, -0.1) is 0 Å². The summed E-state index contributed by atoms with van der Waals surface area (Å²) in [5, 5.41) is 13.1. The average molecular weight is 283 g/mol. The first-order valence-electron chi connectivity index (χ1n) is 5.82. The summed E-state index contributed by atoms with van der Waals surface area (Å²) in [4.78, 5) is 23.0. The number of carbonyl (C=O) groups is 2. The molecule has 0 heterocycles. The summed E-state index contributed by atoms with van der Waals surface area (Å²) in [6.45, 7) is 6.47. The molecule has 0 aromatic carbocycles. The maximum absolute atomic E-state index is 11.6. The number of nitrogens with zero attached hydrogens (tertiary/aromatic N) is 1. The number of hydrogen-bond acceptors (Lipinski definition) is 7. The van der Waals surface area contributed by atoms with Crippen molar-refractivity contribution in [2.45, 2.75) is 34.0 Å². The van der Waals surface area contributed by atoms with Gasteiger partial charge in [-0.3, -0.25) is 0 Å². The predicted octanol–water partition coefficient (Wildman–Crippen LogP) is 0.0716. The third-order valence-corrected chi connectivity index (χ3v) is 1.89. The molecule has 110 valence electrons. The third kappa shape index (κ3) is 7.26. The van der Waals surface area contributed by atoms with Crippen LogP contribution in [0.3, 0.4) is 0 Å². The van der Waals surface area contributed by atoms with Crippen LogP contribution in [0.25, 0.3) is 0 Å². The van der Waals surface area contributed by atoms with E-state index in [9.17, 15) is 9.59 Å². The zero-order valence-electron chi connectivity index (χ0n) is 12.1. The Morgan fingerprint density at radius 2 is 1.90 bits per heavy atom. The second-order valence-electron chi connectivity index (χ2n) is 4.74. The number of ether oxygens (including phenoxy) is 2. The molecular weight excluding hydrogens is 265 g/mol. The molecule has 9 heteroatoms. The summed E-state index contributed by atoms with van der Waals surface area (Å²) in [6.07, 6.45) is -0.493. The Hall–Kier alpha value is -2.24. The minimum absolute atomic E-state index is 0.117. The van der Waals surface area contributed by atoms with E-state index < -0.39 is 23.8 Å². The van der Waals surface area contributed by atoms with Crippen LogP contribution in [-0.4, -0.2) is 38.2 Å². The number of hydrogen-bond donors (Lipinski definition) is 2. The van der Waals surface area contributed by atoms with E-state index in [1.807, 2.05) is 0 Å². The van der Waals surface area contributed by atoms with Crippen LogP contribution in [0.1, 0.15) is 27.7 Å². The zero-order chi connectivity index (χ0) is 15.8. The van der Waals surface area contributed by atoms with Gasteiger partial charge in [0.05, 0.1) is 0 Å². The average Bonchev–Trinajstić information content (AvgIpc) is 2.32. The number of nitriles is 1. The first-order valence-corrected chi connectivity index (χ1v) is 5.82. The van der Waals surface area contributed by atoms with E-state index in [0.29, 0.717) is 0 Å². The second kappa shape index (κ2) is 8.04. The van der Waals surface area contributed by atoms with Gasteiger partial charge in [0.25, 0.3) is 0 Å². The molecule has 0 radical (unpaired) electrons. The first kappa shape index (κ1) is 17.8. The van der Waals surface area contributed by atoms with Crippen LogP contribution < -0.4 is 10.6 Å². The molecule has 0 aromatic rings. The first-order chi connectivity index (χ1) is 9.20. The Kier molecular flexibility index (Phi) is 7.14. The molecule has 0 spiro atoms. The molecule has 20 heavy (non-hydrogen) atoms. The summed E-state index contributed by atoms with van der Waals surface area (Å²) < 4.78 is 14.1. The summed E-state index contributed by atoms with van der Waals surface area (Å²) in [6, 6.07) is 0. The van der Waals surface area contributed by atoms with Crippen molar-refractivity contribution in [3.63, 3.8) is 0 Å². The molecule has 0 aliphatic carbocycles. The van der Waals surface area contributed by atoms with Crippen LogP contribution in [0.4, 0.5) is 4.79 Å². The monoisotopic (exact) mass is 283 g/mol. The molecule has 0 saturated carbocycles. The van der Waals surface area contributed by atoms with Crippen LogP contribution in [0.15, 0.2) is 0 Å². The van der Waals surface area contributed by atoms with E-state index in [1.54, 1.807) is 20.8 Å². The summed E-state index contributed by atoms with van der Waals surface area (Å²) in [7, 11) is 2.50. The topological polar surface area (TPSA) is 110 Å². The van der Waals surface area contributed by atoms with Gasteiger partial charge in [0.2, 0.25) is 0 Å². The quantitative estimate of drug-likeness (QED) is 0.318. The van der Waals surface area contributed by atoms with Crippen molar-refractivity contribution in [1.82, 2.24) is 10.6 Å². The van der Waals surface area contributed by atoms with Gasteiger partial charge in [-0.2, -0.15) is 0 Å². The van der Waals surface area contributed by atoms with Gasteiger partial charge in [-0.1, -0.05) is 0 Å². The molecule has 1 unspecified atom stereocenters. The predicted molar refractivity (Wildman–Crippen MR) is 71.1 cm³/mol. The van der Waals surface area contributed by atoms with Gasteiger partial charge in [0.1, 0.15) is 0 Å². The number of nitrogens with one attached hydrogen (secondary N) is 2. The van der Waals surface area contributed by atoms with Crippen LogP contribution in [-0.2, 0) is 18.9 Å². The summed E-state index contributed by atoms with van der Waals surface area (Å²) >= 11 is 0. The second-order valence-corrected chi connectivity index (χ2v) is 4.74. The van der Waals surface area contributed by atoms with Gasteiger partial charge in [0, 0.05) is 0 Å². The van der Waals surface area contributed by atoms with E-state index in [0.717, 1.165) is 7.12 Å². The fourth-order valence-corrected chi connectivity index (χ4v) is 0.878. The molecule has 0 aromatic heterocycles. The van der Waals surface area contributed by atoms with Gasteiger partial charge in [-0.05, 0) is 0 Å². The standard InChI is InChI=1S/C11H18BN3O5/c1-7(19-8(16)11(2,3)4)20-10(17)15-9(14-5)12-18-6-13/h7,14H,1-5H3,(H,15,17). The Morgan fingerprint density at radius 1 is 1.30 bits per heavy atom. The molecule has 0 bridgehead atoms. The van der Waals surface area contributed by atoms with Crippen molar-refractivity contribution in [1.29, 1.82) is 5.26 Å². The van der Waals surface area contributed by atoms with Crippen LogP contribution in [0.2, 0.25) is 0 Å². The Bertz CT molecular complexity index is 425. The number of amides is 1. The fourth-order valence-electron chi connectivity index (χ4n) is 0.878. The van der Waals surface area contributed by atoms with Crippen LogP contribution >= 0.6 is 0 Å². The molecule has 0 fully saturated rings. The molecule has 0 aliphatic rings. The molecule has 1 amide bonds. The van der Waals surface area contributed by atoms with E-state index in [2.05, 4.69) is 15.3 Å². The van der Waals surface area contributed by atoms with Crippen molar-refractivity contribution in [3.8, 4) is 6.26 Å². The van der Waals surface area contributed by atoms with Crippen molar-refractivity contribution in [2.24, 2.45) is 5.41 Å². The molecule has 1 atom stereocenters. The molecule has 2 N–H and O–H groups in total. The molecule has 0 aliphatic heterocycles. The minimum atomic E-state index is -1.04. The SMILES string of the molecule is CNC(=BOC#N)NC(=O)OC(C)OC(=O)C(C)(C)C. The van der Waals surface area contributed by atoms with Crippen molar-refractivity contribution >= 4 is 24.9 Å². The zero-order valence-corrected chi connectivity index (χ0v) is 12.1. The van der Waals surface area contributed by atoms with Crippen LogP contribution in [0, 0.1) is 16.9 Å². The number of esters is 1. The molecule has 0 rings (SSSR count). The Balaban J connectivity index is 4.34. The third-order valence-electron chi connectivity index (χ3n) is 1.89. The van der Waals surface area contributed by atoms with Gasteiger partial charge < -0.3 is 0 Å². The molecule has 0 saturated heterocycles. The van der Waals surface area contributed by atoms with Gasteiger partial charge in [0.15, 0.2) is 0 Å². The van der Waals surface area contributed by atoms with Gasteiger partial charge >= 0.3 is 117 Å². The fraction of sp³-hybridized carbons (Fsp3) is 0.636. The number of carbonyl (C=O) groups excluding carboxylic acids is 2. The molecule has 8 nitrogen and oxygen atoms in total. The molecular formula is C11H18BN3O5. The summed E-state index contributed by atoms with van der Waals surface area (Å²) in [5.74, 6) is -0.491. The van der Waals surface area contributed by atoms with E-state index in [1.165, 1.54) is 20.2 Å². The van der Waals surface area contributed by atoms with Gasteiger partial charge in [-0.25, -0.2) is 0 Å². The van der Waals surface area contributed by atoms with Crippen molar-refractivity contribution in [2.75, 3.05) is 7.05 Å². The maximum atomic E-state index is 11.6. The Morgan fingerprint density at radius 3 is 2.35 bits per heavy atom. The van der Waals surface area contributed by atoms with E-state index in [4.69, 9.17) is 14.7 Å². The Labute approximate surface area is 118 Å². The number of rotatable bonds is 5.